The van der Waals surface area contributed by atoms with Crippen LogP contribution in [0.1, 0.15) is 33.6 Å². The van der Waals surface area contributed by atoms with Crippen molar-refractivity contribution in [2.75, 3.05) is 27.2 Å². The highest BCUT2D eigenvalue weighted by Crippen LogP contribution is 2.20. The van der Waals surface area contributed by atoms with Gasteiger partial charge in [0.05, 0.1) is 0 Å². The highest BCUT2D eigenvalue weighted by molar-refractivity contribution is 5.83. The fraction of sp³-hybridized carbons (Fsp3) is 0.857. The first-order valence-corrected chi connectivity index (χ1v) is 7.07. The van der Waals surface area contributed by atoms with Crippen LogP contribution in [0.15, 0.2) is 0 Å². The van der Waals surface area contributed by atoms with E-state index in [4.69, 9.17) is 0 Å². The second kappa shape index (κ2) is 6.43. The van der Waals surface area contributed by atoms with Gasteiger partial charge in [-0.1, -0.05) is 20.8 Å². The summed E-state index contributed by atoms with van der Waals surface area (Å²) in [6.45, 7) is 6.77. The highest BCUT2D eigenvalue weighted by atomic mass is 16.4. The Kier molecular flexibility index (Phi) is 5.39. The van der Waals surface area contributed by atoms with E-state index in [1.807, 2.05) is 34.9 Å². The number of carboxylic acids is 1. The monoisotopic (exact) mass is 285 g/mol. The number of rotatable bonds is 3. The number of likely N-dealkylation sites (tertiary alicyclic amines) is 1. The molecule has 1 atom stereocenters. The molecule has 1 heterocycles. The number of hydrogen-bond donors (Lipinski definition) is 2. The number of amides is 2. The van der Waals surface area contributed by atoms with Gasteiger partial charge in [0.25, 0.3) is 0 Å². The average molecular weight is 285 g/mol. The second-order valence-corrected chi connectivity index (χ2v) is 6.77. The summed E-state index contributed by atoms with van der Waals surface area (Å²) in [6.07, 6.45) is 1.85. The summed E-state index contributed by atoms with van der Waals surface area (Å²) in [6, 6.07) is -0.650. The summed E-state index contributed by atoms with van der Waals surface area (Å²) in [5, 5.41) is 11.9. The van der Waals surface area contributed by atoms with E-state index < -0.39 is 17.4 Å². The molecule has 0 spiro atoms. The Morgan fingerprint density at radius 3 is 2.10 bits per heavy atom. The molecule has 1 aliphatic rings. The maximum atomic E-state index is 12.2. The van der Waals surface area contributed by atoms with Gasteiger partial charge in [-0.25, -0.2) is 9.59 Å². The fourth-order valence-electron chi connectivity index (χ4n) is 2.45. The van der Waals surface area contributed by atoms with Gasteiger partial charge in [0, 0.05) is 19.1 Å². The van der Waals surface area contributed by atoms with E-state index in [2.05, 4.69) is 10.2 Å². The van der Waals surface area contributed by atoms with Crippen LogP contribution in [0.2, 0.25) is 0 Å². The summed E-state index contributed by atoms with van der Waals surface area (Å²) >= 11 is 0. The average Bonchev–Trinajstić information content (AvgIpc) is 2.33. The normalized spacial score (nSPS) is 19.0. The van der Waals surface area contributed by atoms with Crippen molar-refractivity contribution in [1.82, 2.24) is 15.1 Å². The van der Waals surface area contributed by atoms with Crippen LogP contribution in [0.4, 0.5) is 4.79 Å². The molecule has 1 fully saturated rings. The van der Waals surface area contributed by atoms with Crippen molar-refractivity contribution in [1.29, 1.82) is 0 Å². The molecule has 1 saturated heterocycles. The van der Waals surface area contributed by atoms with E-state index in [0.717, 1.165) is 12.8 Å². The first-order chi connectivity index (χ1) is 9.12. The number of carboxylic acid groups (broad SMARTS) is 1. The lowest BCUT2D eigenvalue weighted by molar-refractivity contribution is -0.142. The molecule has 1 aliphatic heterocycles. The largest absolute Gasteiger partial charge is 0.480 e. The van der Waals surface area contributed by atoms with E-state index in [1.54, 1.807) is 4.90 Å². The molecule has 20 heavy (non-hydrogen) atoms. The van der Waals surface area contributed by atoms with Crippen molar-refractivity contribution in [3.63, 3.8) is 0 Å². The zero-order valence-electron chi connectivity index (χ0n) is 13.1. The minimum atomic E-state index is -0.992. The number of aliphatic carboxylic acids is 1. The lowest BCUT2D eigenvalue weighted by Gasteiger charge is -2.37. The lowest BCUT2D eigenvalue weighted by Crippen LogP contribution is -2.55. The van der Waals surface area contributed by atoms with Gasteiger partial charge in [0.1, 0.15) is 6.04 Å². The van der Waals surface area contributed by atoms with E-state index in [9.17, 15) is 14.7 Å². The quantitative estimate of drug-likeness (QED) is 0.818. The first kappa shape index (κ1) is 16.8. The molecular formula is C14H27N3O3. The molecule has 0 bridgehead atoms. The molecule has 2 N–H and O–H groups in total. The van der Waals surface area contributed by atoms with Crippen LogP contribution in [0.5, 0.6) is 0 Å². The maximum absolute atomic E-state index is 12.2. The molecule has 0 aromatic heterocycles. The number of carbonyl (C=O) groups is 2. The van der Waals surface area contributed by atoms with Crippen molar-refractivity contribution in [2.45, 2.75) is 45.7 Å². The molecule has 0 aliphatic carbocycles. The first-order valence-electron chi connectivity index (χ1n) is 7.07. The van der Waals surface area contributed by atoms with Crippen LogP contribution in [-0.4, -0.2) is 66.2 Å². The minimum Gasteiger partial charge on any atom is -0.480 e. The summed E-state index contributed by atoms with van der Waals surface area (Å²) < 4.78 is 0. The van der Waals surface area contributed by atoms with Crippen molar-refractivity contribution in [3.05, 3.63) is 0 Å². The van der Waals surface area contributed by atoms with E-state index >= 15 is 0 Å². The molecule has 116 valence electrons. The van der Waals surface area contributed by atoms with Crippen molar-refractivity contribution < 1.29 is 14.7 Å². The Balaban J connectivity index is 2.57. The Morgan fingerprint density at radius 1 is 1.25 bits per heavy atom. The smallest absolute Gasteiger partial charge is 0.326 e. The molecule has 1 rings (SSSR count). The Bertz CT molecular complexity index is 355. The Morgan fingerprint density at radius 2 is 1.75 bits per heavy atom. The topological polar surface area (TPSA) is 72.9 Å². The summed E-state index contributed by atoms with van der Waals surface area (Å²) in [7, 11) is 4.08. The third-order valence-corrected chi connectivity index (χ3v) is 3.86. The molecule has 0 unspecified atom stereocenters. The second-order valence-electron chi connectivity index (χ2n) is 6.77. The predicted octanol–water partition coefficient (Wildman–Crippen LogP) is 1.22. The number of carbonyl (C=O) groups excluding carboxylic acids is 1. The number of hydrogen-bond acceptors (Lipinski definition) is 3. The summed E-state index contributed by atoms with van der Waals surface area (Å²) in [5.74, 6) is -0.992. The predicted molar refractivity (Wildman–Crippen MR) is 77.7 cm³/mol. The molecule has 6 nitrogen and oxygen atoms in total. The van der Waals surface area contributed by atoms with Gasteiger partial charge < -0.3 is 20.2 Å². The molecule has 2 amide bonds. The standard InChI is InChI=1S/C14H27N3O3/c1-14(2,3)11(12(18)19)15-13(20)17-8-6-10(7-9-17)16(4)5/h10-11H,6-9H2,1-5H3,(H,15,20)(H,18,19)/t11-/m1/s1. The number of nitrogens with zero attached hydrogens (tertiary/aromatic N) is 2. The number of urea groups is 1. The van der Waals surface area contributed by atoms with Gasteiger partial charge in [0.2, 0.25) is 0 Å². The highest BCUT2D eigenvalue weighted by Gasteiger charge is 2.34. The SMILES string of the molecule is CN(C)C1CCN(C(=O)N[C@H](C(=O)O)C(C)(C)C)CC1. The van der Waals surface area contributed by atoms with Crippen LogP contribution in [0.3, 0.4) is 0 Å². The number of nitrogens with one attached hydrogen (secondary N) is 1. The van der Waals surface area contributed by atoms with E-state index in [0.29, 0.717) is 19.1 Å². The van der Waals surface area contributed by atoms with Gasteiger partial charge in [-0.15, -0.1) is 0 Å². The van der Waals surface area contributed by atoms with Gasteiger partial charge in [-0.2, -0.15) is 0 Å². The van der Waals surface area contributed by atoms with Crippen LogP contribution in [0, 0.1) is 5.41 Å². The lowest BCUT2D eigenvalue weighted by atomic mass is 9.87. The van der Waals surface area contributed by atoms with Crippen molar-refractivity contribution in [2.24, 2.45) is 5.41 Å². The van der Waals surface area contributed by atoms with Gasteiger partial charge >= 0.3 is 12.0 Å². The van der Waals surface area contributed by atoms with Crippen molar-refractivity contribution in [3.8, 4) is 0 Å². The molecule has 0 aromatic carbocycles. The summed E-state index contributed by atoms with van der Waals surface area (Å²) in [4.78, 5) is 27.3. The van der Waals surface area contributed by atoms with Crippen LogP contribution < -0.4 is 5.32 Å². The molecular weight excluding hydrogens is 258 g/mol. The van der Waals surface area contributed by atoms with Crippen LogP contribution >= 0.6 is 0 Å². The minimum absolute atomic E-state index is 0.274. The van der Waals surface area contributed by atoms with E-state index in [-0.39, 0.29) is 6.03 Å². The van der Waals surface area contributed by atoms with Gasteiger partial charge in [-0.05, 0) is 32.4 Å². The third-order valence-electron chi connectivity index (χ3n) is 3.86. The molecule has 0 aromatic rings. The Hall–Kier alpha value is -1.30. The third kappa shape index (κ3) is 4.37. The molecule has 6 heteroatoms. The molecule has 0 radical (unpaired) electrons. The summed E-state index contributed by atoms with van der Waals surface area (Å²) in [5.41, 5.74) is -0.510. The fourth-order valence-corrected chi connectivity index (χ4v) is 2.45. The van der Waals surface area contributed by atoms with Gasteiger partial charge in [0.15, 0.2) is 0 Å². The van der Waals surface area contributed by atoms with Crippen LogP contribution in [-0.2, 0) is 4.79 Å². The van der Waals surface area contributed by atoms with E-state index in [1.165, 1.54) is 0 Å². The maximum Gasteiger partial charge on any atom is 0.326 e. The molecule has 0 saturated carbocycles. The van der Waals surface area contributed by atoms with Gasteiger partial charge in [-0.3, -0.25) is 0 Å². The zero-order chi connectivity index (χ0) is 15.5. The van der Waals surface area contributed by atoms with Crippen LogP contribution in [0.25, 0.3) is 0 Å². The van der Waals surface area contributed by atoms with Crippen molar-refractivity contribution >= 4 is 12.0 Å². The number of piperidine rings is 1. The Labute approximate surface area is 121 Å². The zero-order valence-corrected chi connectivity index (χ0v) is 13.1.